The van der Waals surface area contributed by atoms with Crippen LogP contribution in [0.1, 0.15) is 15.9 Å². The van der Waals surface area contributed by atoms with Crippen molar-refractivity contribution in [2.24, 2.45) is 0 Å². The Morgan fingerprint density at radius 3 is 2.26 bits per heavy atom. The number of hydrogen-bond acceptors (Lipinski definition) is 2. The van der Waals surface area contributed by atoms with Gasteiger partial charge in [0.15, 0.2) is 0 Å². The van der Waals surface area contributed by atoms with E-state index >= 15 is 0 Å². The van der Waals surface area contributed by atoms with E-state index in [1.54, 1.807) is 12.1 Å². The molecular weight excluding hydrogens is 332 g/mol. The molecule has 0 saturated heterocycles. The highest BCUT2D eigenvalue weighted by Gasteiger charge is 2.15. The molecule has 0 saturated carbocycles. The van der Waals surface area contributed by atoms with E-state index in [9.17, 15) is 10.1 Å². The van der Waals surface area contributed by atoms with Crippen LogP contribution in [0.5, 0.6) is 0 Å². The number of carbonyl (C=O) groups excluding carboxylic acids is 1. The molecule has 0 unspecified atom stereocenters. The molecular formula is C24H16N2O. The maximum Gasteiger partial charge on any atom is 0.256 e. The van der Waals surface area contributed by atoms with Crippen LogP contribution < -0.4 is 5.32 Å². The zero-order chi connectivity index (χ0) is 18.6. The van der Waals surface area contributed by atoms with Gasteiger partial charge in [-0.25, -0.2) is 0 Å². The predicted octanol–water partition coefficient (Wildman–Crippen LogP) is 5.63. The minimum absolute atomic E-state index is 0.199. The molecule has 0 aliphatic rings. The van der Waals surface area contributed by atoms with Gasteiger partial charge in [0.2, 0.25) is 0 Å². The normalized spacial score (nSPS) is 10.3. The number of hydrogen-bond donors (Lipinski definition) is 1. The quantitative estimate of drug-likeness (QED) is 0.521. The van der Waals surface area contributed by atoms with Gasteiger partial charge in [0.25, 0.3) is 5.91 Å². The predicted molar refractivity (Wildman–Crippen MR) is 108 cm³/mol. The molecule has 1 amide bonds. The Hall–Kier alpha value is -3.90. The average molecular weight is 348 g/mol. The van der Waals surface area contributed by atoms with Crippen LogP contribution in [0.15, 0.2) is 91.0 Å². The molecule has 128 valence electrons. The first kappa shape index (κ1) is 16.6. The lowest BCUT2D eigenvalue weighted by atomic mass is 9.95. The highest BCUT2D eigenvalue weighted by Crippen LogP contribution is 2.29. The van der Waals surface area contributed by atoms with Crippen LogP contribution in [-0.4, -0.2) is 5.91 Å². The SMILES string of the molecule is N#Cc1ccccc1-c1ccccc1C(=O)Nc1cccc2ccccc12. The maximum atomic E-state index is 13.1. The summed E-state index contributed by atoms with van der Waals surface area (Å²) >= 11 is 0. The molecule has 1 N–H and O–H groups in total. The number of fused-ring (bicyclic) bond motifs is 1. The van der Waals surface area contributed by atoms with E-state index in [1.165, 1.54) is 0 Å². The molecule has 4 aromatic rings. The summed E-state index contributed by atoms with van der Waals surface area (Å²) in [5.74, 6) is -0.199. The van der Waals surface area contributed by atoms with Crippen LogP contribution in [0.2, 0.25) is 0 Å². The van der Waals surface area contributed by atoms with Crippen molar-refractivity contribution in [3.63, 3.8) is 0 Å². The second-order valence-electron chi connectivity index (χ2n) is 6.18. The second kappa shape index (κ2) is 7.15. The summed E-state index contributed by atoms with van der Waals surface area (Å²) < 4.78 is 0. The summed E-state index contributed by atoms with van der Waals surface area (Å²) in [4.78, 5) is 13.1. The zero-order valence-corrected chi connectivity index (χ0v) is 14.5. The van der Waals surface area contributed by atoms with E-state index in [4.69, 9.17) is 0 Å². The lowest BCUT2D eigenvalue weighted by Crippen LogP contribution is -2.13. The van der Waals surface area contributed by atoms with Crippen molar-refractivity contribution >= 4 is 22.4 Å². The minimum atomic E-state index is -0.199. The van der Waals surface area contributed by atoms with Crippen molar-refractivity contribution in [1.82, 2.24) is 0 Å². The molecule has 0 spiro atoms. The maximum absolute atomic E-state index is 13.1. The van der Waals surface area contributed by atoms with Gasteiger partial charge in [-0.2, -0.15) is 5.26 Å². The van der Waals surface area contributed by atoms with Gasteiger partial charge in [0.05, 0.1) is 11.6 Å². The van der Waals surface area contributed by atoms with Crippen molar-refractivity contribution in [1.29, 1.82) is 5.26 Å². The Kier molecular flexibility index (Phi) is 4.38. The van der Waals surface area contributed by atoms with Gasteiger partial charge in [0.1, 0.15) is 0 Å². The molecule has 0 bridgehead atoms. The summed E-state index contributed by atoms with van der Waals surface area (Å²) in [6.45, 7) is 0. The molecule has 27 heavy (non-hydrogen) atoms. The van der Waals surface area contributed by atoms with Crippen LogP contribution in [0.3, 0.4) is 0 Å². The fraction of sp³-hybridized carbons (Fsp3) is 0. The third kappa shape index (κ3) is 3.17. The van der Waals surface area contributed by atoms with E-state index in [0.29, 0.717) is 11.1 Å². The highest BCUT2D eigenvalue weighted by atomic mass is 16.1. The van der Waals surface area contributed by atoms with Gasteiger partial charge in [-0.1, -0.05) is 72.8 Å². The second-order valence-corrected chi connectivity index (χ2v) is 6.18. The first-order valence-electron chi connectivity index (χ1n) is 8.65. The standard InChI is InChI=1S/C24H16N2O/c25-16-18-9-2-3-11-19(18)21-13-5-6-14-22(21)24(27)26-23-15-7-10-17-8-1-4-12-20(17)23/h1-15H,(H,26,27). The topological polar surface area (TPSA) is 52.9 Å². The summed E-state index contributed by atoms with van der Waals surface area (Å²) in [7, 11) is 0. The lowest BCUT2D eigenvalue weighted by Gasteiger charge is -2.13. The van der Waals surface area contributed by atoms with Crippen LogP contribution in [0.4, 0.5) is 5.69 Å². The molecule has 0 atom stereocenters. The molecule has 0 aliphatic carbocycles. The monoisotopic (exact) mass is 348 g/mol. The highest BCUT2D eigenvalue weighted by molar-refractivity contribution is 6.12. The number of carbonyl (C=O) groups is 1. The van der Waals surface area contributed by atoms with Gasteiger partial charge in [-0.05, 0) is 29.1 Å². The molecule has 4 rings (SSSR count). The molecule has 0 radical (unpaired) electrons. The molecule has 3 heteroatoms. The van der Waals surface area contributed by atoms with E-state index in [1.807, 2.05) is 78.9 Å². The first-order valence-corrected chi connectivity index (χ1v) is 8.65. The van der Waals surface area contributed by atoms with E-state index in [2.05, 4.69) is 11.4 Å². The zero-order valence-electron chi connectivity index (χ0n) is 14.5. The number of nitrogens with zero attached hydrogens (tertiary/aromatic N) is 1. The van der Waals surface area contributed by atoms with E-state index < -0.39 is 0 Å². The molecule has 3 nitrogen and oxygen atoms in total. The van der Waals surface area contributed by atoms with Crippen LogP contribution in [0, 0.1) is 11.3 Å². The van der Waals surface area contributed by atoms with Crippen molar-refractivity contribution in [3.8, 4) is 17.2 Å². The average Bonchev–Trinajstić information content (AvgIpc) is 2.74. The van der Waals surface area contributed by atoms with E-state index in [0.717, 1.165) is 27.6 Å². The summed E-state index contributed by atoms with van der Waals surface area (Å²) in [6.07, 6.45) is 0. The summed E-state index contributed by atoms with van der Waals surface area (Å²) in [5.41, 5.74) is 3.34. The minimum Gasteiger partial charge on any atom is -0.321 e. The fourth-order valence-corrected chi connectivity index (χ4v) is 3.26. The molecule has 0 fully saturated rings. The summed E-state index contributed by atoms with van der Waals surface area (Å²) in [5, 5.41) is 14.5. The van der Waals surface area contributed by atoms with Gasteiger partial charge in [0, 0.05) is 22.2 Å². The van der Waals surface area contributed by atoms with Gasteiger partial charge in [-0.15, -0.1) is 0 Å². The molecule has 0 heterocycles. The van der Waals surface area contributed by atoms with Gasteiger partial charge in [-0.3, -0.25) is 4.79 Å². The van der Waals surface area contributed by atoms with Crippen molar-refractivity contribution in [2.75, 3.05) is 5.32 Å². The van der Waals surface area contributed by atoms with E-state index in [-0.39, 0.29) is 5.91 Å². The molecule has 4 aromatic carbocycles. The Labute approximate surface area is 157 Å². The summed E-state index contributed by atoms with van der Waals surface area (Å²) in [6, 6.07) is 30.6. The number of rotatable bonds is 3. The molecule has 0 aromatic heterocycles. The van der Waals surface area contributed by atoms with Gasteiger partial charge < -0.3 is 5.32 Å². The molecule has 0 aliphatic heterocycles. The third-order valence-electron chi connectivity index (χ3n) is 4.55. The Balaban J connectivity index is 1.76. The largest absolute Gasteiger partial charge is 0.321 e. The number of amides is 1. The fourth-order valence-electron chi connectivity index (χ4n) is 3.26. The van der Waals surface area contributed by atoms with Crippen LogP contribution >= 0.6 is 0 Å². The van der Waals surface area contributed by atoms with Crippen molar-refractivity contribution in [3.05, 3.63) is 102 Å². The van der Waals surface area contributed by atoms with Crippen molar-refractivity contribution in [2.45, 2.75) is 0 Å². The van der Waals surface area contributed by atoms with Crippen molar-refractivity contribution < 1.29 is 4.79 Å². The van der Waals surface area contributed by atoms with Crippen LogP contribution in [-0.2, 0) is 0 Å². The smallest absolute Gasteiger partial charge is 0.256 e. The number of anilines is 1. The number of nitriles is 1. The van der Waals surface area contributed by atoms with Crippen LogP contribution in [0.25, 0.3) is 21.9 Å². The first-order chi connectivity index (χ1) is 13.3. The number of nitrogens with one attached hydrogen (secondary N) is 1. The Morgan fingerprint density at radius 1 is 0.741 bits per heavy atom. The Bertz CT molecular complexity index is 1180. The lowest BCUT2D eigenvalue weighted by molar-refractivity contribution is 0.102. The third-order valence-corrected chi connectivity index (χ3v) is 4.55. The Morgan fingerprint density at radius 2 is 1.41 bits per heavy atom. The van der Waals surface area contributed by atoms with Gasteiger partial charge >= 0.3 is 0 Å². The number of benzene rings is 4.